The summed E-state index contributed by atoms with van der Waals surface area (Å²) in [7, 11) is 0. The first-order valence-electron chi connectivity index (χ1n) is 6.65. The summed E-state index contributed by atoms with van der Waals surface area (Å²) in [6.45, 7) is 0. The van der Waals surface area contributed by atoms with Crippen LogP contribution in [-0.4, -0.2) is 65.2 Å². The minimum atomic E-state index is -5.20. The number of H-pyrrole nitrogens is 1. The Hall–Kier alpha value is -2.29. The second kappa shape index (κ2) is 5.35. The lowest BCUT2D eigenvalue weighted by atomic mass is 9.94. The fourth-order valence-electron chi connectivity index (χ4n) is 2.66. The van der Waals surface area contributed by atoms with Crippen LogP contribution in [-0.2, 0) is 4.74 Å². The third-order valence-corrected chi connectivity index (χ3v) is 3.89. The van der Waals surface area contributed by atoms with Crippen molar-refractivity contribution in [1.29, 1.82) is 0 Å². The second-order valence-corrected chi connectivity index (χ2v) is 5.35. The molecule has 6 N–H and O–H groups in total. The molecule has 25 heavy (non-hydrogen) atoms. The highest BCUT2D eigenvalue weighted by atomic mass is 19.3. The van der Waals surface area contributed by atoms with E-state index in [2.05, 4.69) is 19.7 Å². The van der Waals surface area contributed by atoms with E-state index in [0.29, 0.717) is 4.57 Å². The van der Waals surface area contributed by atoms with Crippen molar-refractivity contribution in [2.45, 2.75) is 36.6 Å². The van der Waals surface area contributed by atoms with E-state index in [1.165, 1.54) is 0 Å². The number of hydrogen-bond acceptors (Lipinski definition) is 8. The van der Waals surface area contributed by atoms with Crippen LogP contribution in [0.4, 0.5) is 23.5 Å². The fraction of sp³-hybridized carbons (Fsp3) is 0.545. The van der Waals surface area contributed by atoms with Crippen LogP contribution in [0.3, 0.4) is 0 Å². The molecule has 0 radical (unpaired) electrons. The summed E-state index contributed by atoms with van der Waals surface area (Å²) in [6.07, 6.45) is -15.7. The first-order valence-corrected chi connectivity index (χ1v) is 6.65. The molecule has 2 aromatic heterocycles. The molecule has 0 unspecified atom stereocenters. The van der Waals surface area contributed by atoms with Gasteiger partial charge in [-0.05, 0) is 0 Å². The number of alkyl halides is 4. The maximum absolute atomic E-state index is 13.4. The molecule has 1 fully saturated rings. The molecule has 4 atom stereocenters. The van der Waals surface area contributed by atoms with Crippen molar-refractivity contribution in [2.24, 2.45) is 0 Å². The zero-order valence-electron chi connectivity index (χ0n) is 12.0. The van der Waals surface area contributed by atoms with Crippen molar-refractivity contribution in [2.75, 3.05) is 5.73 Å². The smallest absolute Gasteiger partial charge is 0.387 e. The van der Waals surface area contributed by atoms with Crippen molar-refractivity contribution in [3.05, 3.63) is 16.7 Å². The van der Waals surface area contributed by atoms with Gasteiger partial charge in [-0.3, -0.25) is 14.3 Å². The maximum Gasteiger partial charge on any atom is 0.390 e. The average Bonchev–Trinajstić information content (AvgIpc) is 3.00. The van der Waals surface area contributed by atoms with Gasteiger partial charge in [0.1, 0.15) is 12.2 Å². The Labute approximate surface area is 134 Å². The van der Waals surface area contributed by atoms with Crippen LogP contribution in [0.2, 0.25) is 0 Å². The van der Waals surface area contributed by atoms with Gasteiger partial charge >= 0.3 is 6.11 Å². The van der Waals surface area contributed by atoms with Crippen LogP contribution in [0.1, 0.15) is 6.23 Å². The summed E-state index contributed by atoms with van der Waals surface area (Å²) in [5.74, 6) is -0.403. The van der Waals surface area contributed by atoms with E-state index in [0.717, 1.165) is 6.33 Å². The molecule has 2 aromatic rings. The SMILES string of the molecule is Nc1nc2c(ncn2[C@@H]2O[C@](C(F)F)(C(O)(F)F)[C@@H](O)[C@H]2O)c(=O)[nH]1. The van der Waals surface area contributed by atoms with Crippen LogP contribution >= 0.6 is 0 Å². The summed E-state index contributed by atoms with van der Waals surface area (Å²) < 4.78 is 58.4. The number of hydrogen-bond donors (Lipinski definition) is 5. The zero-order chi connectivity index (χ0) is 18.7. The third kappa shape index (κ3) is 2.29. The number of nitrogens with two attached hydrogens (primary N) is 1. The van der Waals surface area contributed by atoms with Crippen LogP contribution < -0.4 is 11.3 Å². The molecule has 0 spiro atoms. The van der Waals surface area contributed by atoms with E-state index in [9.17, 15) is 32.6 Å². The van der Waals surface area contributed by atoms with Gasteiger partial charge < -0.3 is 25.8 Å². The molecule has 0 bridgehead atoms. The van der Waals surface area contributed by atoms with Gasteiger partial charge in [-0.25, -0.2) is 13.8 Å². The fourth-order valence-corrected chi connectivity index (χ4v) is 2.66. The van der Waals surface area contributed by atoms with Crippen molar-refractivity contribution in [3.63, 3.8) is 0 Å². The Kier molecular flexibility index (Phi) is 3.75. The normalized spacial score (nSPS) is 30.5. The summed E-state index contributed by atoms with van der Waals surface area (Å²) in [5, 5.41) is 28.5. The number of halogens is 4. The number of ether oxygens (including phenoxy) is 1. The monoisotopic (exact) mass is 369 g/mol. The van der Waals surface area contributed by atoms with Gasteiger partial charge in [-0.1, -0.05) is 0 Å². The highest BCUT2D eigenvalue weighted by Crippen LogP contribution is 2.48. The number of anilines is 1. The Morgan fingerprint density at radius 1 is 1.44 bits per heavy atom. The molecule has 1 aliphatic heterocycles. The van der Waals surface area contributed by atoms with Crippen LogP contribution in [0.15, 0.2) is 11.1 Å². The van der Waals surface area contributed by atoms with Gasteiger partial charge in [0.05, 0.1) is 6.33 Å². The number of nitrogen functional groups attached to an aromatic ring is 1. The quantitative estimate of drug-likeness (QED) is 0.411. The Balaban J connectivity index is 2.15. The van der Waals surface area contributed by atoms with Crippen LogP contribution in [0.5, 0.6) is 0 Å². The van der Waals surface area contributed by atoms with Gasteiger partial charge in [-0.15, -0.1) is 0 Å². The number of fused-ring (bicyclic) bond motifs is 1. The molecule has 138 valence electrons. The second-order valence-electron chi connectivity index (χ2n) is 5.35. The molecule has 1 saturated heterocycles. The minimum Gasteiger partial charge on any atom is -0.387 e. The largest absolute Gasteiger partial charge is 0.390 e. The number of aliphatic hydroxyl groups is 3. The molecule has 10 nitrogen and oxygen atoms in total. The number of nitrogens with one attached hydrogen (secondary N) is 1. The summed E-state index contributed by atoms with van der Waals surface area (Å²) in [4.78, 5) is 21.1. The number of rotatable bonds is 3. The minimum absolute atomic E-state index is 0.343. The molecule has 0 saturated carbocycles. The standard InChI is InChI=1S/C11H11F4N5O5/c12-8(13)10(11(14,15)24)4(22)3(21)7(25-10)20-1-17-2-5(20)18-9(16)19-6(2)23/h1,3-4,7-8,21-22,24H,(H3,16,18,19,23)/t3-,4+,7-,10-/m1/s1. The summed E-state index contributed by atoms with van der Waals surface area (Å²) >= 11 is 0. The lowest BCUT2D eigenvalue weighted by Crippen LogP contribution is -2.61. The van der Waals surface area contributed by atoms with Crippen molar-refractivity contribution in [3.8, 4) is 0 Å². The molecule has 1 aliphatic rings. The van der Waals surface area contributed by atoms with E-state index < -0.39 is 48.1 Å². The molecule has 0 aliphatic carbocycles. The van der Waals surface area contributed by atoms with Gasteiger partial charge in [0, 0.05) is 0 Å². The van der Waals surface area contributed by atoms with Gasteiger partial charge in [0.25, 0.3) is 12.0 Å². The maximum atomic E-state index is 13.4. The topological polar surface area (TPSA) is 160 Å². The molecule has 0 amide bonds. The Bertz CT molecular complexity index is 867. The number of imidazole rings is 1. The Morgan fingerprint density at radius 3 is 2.60 bits per heavy atom. The predicted octanol–water partition coefficient (Wildman–Crippen LogP) is -1.46. The Morgan fingerprint density at radius 2 is 2.08 bits per heavy atom. The van der Waals surface area contributed by atoms with E-state index in [1.54, 1.807) is 0 Å². The van der Waals surface area contributed by atoms with Crippen molar-refractivity contribution >= 4 is 17.1 Å². The average molecular weight is 369 g/mol. The number of aromatic nitrogens is 4. The van der Waals surface area contributed by atoms with E-state index in [-0.39, 0.29) is 11.2 Å². The van der Waals surface area contributed by atoms with Crippen LogP contribution in [0.25, 0.3) is 11.2 Å². The van der Waals surface area contributed by atoms with Crippen molar-refractivity contribution in [1.82, 2.24) is 19.5 Å². The summed E-state index contributed by atoms with van der Waals surface area (Å²) in [5.41, 5.74) is -0.285. The molecular formula is C11H11F4N5O5. The number of aliphatic hydroxyl groups excluding tert-OH is 2. The molecule has 14 heteroatoms. The highest BCUT2D eigenvalue weighted by Gasteiger charge is 2.73. The van der Waals surface area contributed by atoms with Crippen molar-refractivity contribution < 1.29 is 37.6 Å². The first-order chi connectivity index (χ1) is 11.5. The summed E-state index contributed by atoms with van der Waals surface area (Å²) in [6, 6.07) is 0. The third-order valence-electron chi connectivity index (χ3n) is 3.89. The lowest BCUT2D eigenvalue weighted by Gasteiger charge is -2.34. The highest BCUT2D eigenvalue weighted by molar-refractivity contribution is 5.70. The zero-order valence-corrected chi connectivity index (χ0v) is 12.0. The molecule has 3 rings (SSSR count). The number of nitrogens with zero attached hydrogens (tertiary/aromatic N) is 3. The number of aromatic amines is 1. The predicted molar refractivity (Wildman–Crippen MR) is 70.6 cm³/mol. The molecule has 3 heterocycles. The lowest BCUT2D eigenvalue weighted by molar-refractivity contribution is -0.362. The van der Waals surface area contributed by atoms with Gasteiger partial charge in [0.2, 0.25) is 11.5 Å². The first kappa shape index (κ1) is 17.5. The van der Waals surface area contributed by atoms with Crippen LogP contribution in [0, 0.1) is 0 Å². The van der Waals surface area contributed by atoms with Gasteiger partial charge in [0.15, 0.2) is 17.4 Å². The molecular weight excluding hydrogens is 358 g/mol. The van der Waals surface area contributed by atoms with Gasteiger partial charge in [-0.2, -0.15) is 13.8 Å². The van der Waals surface area contributed by atoms with E-state index in [4.69, 9.17) is 10.8 Å². The molecule has 0 aromatic carbocycles. The van der Waals surface area contributed by atoms with E-state index in [1.807, 2.05) is 0 Å². The van der Waals surface area contributed by atoms with E-state index >= 15 is 0 Å².